The Morgan fingerprint density at radius 3 is 2.33 bits per heavy atom. The van der Waals surface area contributed by atoms with Gasteiger partial charge in [0.1, 0.15) is 0 Å². The number of benzene rings is 1. The molecule has 0 atom stereocenters. The van der Waals surface area contributed by atoms with E-state index in [1.54, 1.807) is 6.07 Å². The largest absolute Gasteiger partial charge is 0.150 e. The summed E-state index contributed by atoms with van der Waals surface area (Å²) >= 11 is 0. The predicted molar refractivity (Wildman–Crippen MR) is 37.7 cm³/mol. The average Bonchev–Trinajstić information content (AvgIpc) is 1.80. The van der Waals surface area contributed by atoms with Crippen molar-refractivity contribution in [1.82, 2.24) is 5.73 Å². The zero-order valence-electron chi connectivity index (χ0n) is 5.68. The molecule has 0 saturated carbocycles. The summed E-state index contributed by atoms with van der Waals surface area (Å²) in [6.07, 6.45) is 0. The highest BCUT2D eigenvalue weighted by Gasteiger charge is 1.92. The standard InChI is InChI=1S/C8H9N/c1-6-3-4-8(9)7(2)5-6/h3-5H,1-2H3. The van der Waals surface area contributed by atoms with Crippen LogP contribution in [-0.4, -0.2) is 0 Å². The summed E-state index contributed by atoms with van der Waals surface area (Å²) in [5.74, 6) is 0. The van der Waals surface area contributed by atoms with Crippen molar-refractivity contribution in [3.8, 4) is 0 Å². The first-order chi connectivity index (χ1) is 4.20. The van der Waals surface area contributed by atoms with E-state index in [-0.39, 0.29) is 0 Å². The molecule has 0 unspecified atom stereocenters. The summed E-state index contributed by atoms with van der Waals surface area (Å²) in [4.78, 5) is 0. The van der Waals surface area contributed by atoms with Gasteiger partial charge in [0.2, 0.25) is 0 Å². The summed E-state index contributed by atoms with van der Waals surface area (Å²) in [7, 11) is 0. The highest BCUT2D eigenvalue weighted by Crippen LogP contribution is 2.12. The van der Waals surface area contributed by atoms with E-state index in [2.05, 4.69) is 0 Å². The molecule has 1 aromatic carbocycles. The maximum absolute atomic E-state index is 9.04. The molecule has 1 heteroatoms. The van der Waals surface area contributed by atoms with Crippen LogP contribution in [0.4, 0.5) is 5.69 Å². The molecule has 0 fully saturated rings. The number of hydrogen-bond acceptors (Lipinski definition) is 0. The quantitative estimate of drug-likeness (QED) is 0.498. The fraction of sp³-hybridized carbons (Fsp3) is 0.250. The highest BCUT2D eigenvalue weighted by atomic mass is 14.5. The molecule has 0 bridgehead atoms. The van der Waals surface area contributed by atoms with Crippen molar-refractivity contribution in [2.45, 2.75) is 13.8 Å². The van der Waals surface area contributed by atoms with Gasteiger partial charge in [0, 0.05) is 0 Å². The van der Waals surface area contributed by atoms with Gasteiger partial charge in [0.05, 0.1) is 5.69 Å². The van der Waals surface area contributed by atoms with Crippen LogP contribution in [0.15, 0.2) is 18.2 Å². The highest BCUT2D eigenvalue weighted by molar-refractivity contribution is 5.44. The Morgan fingerprint density at radius 2 is 1.89 bits per heavy atom. The summed E-state index contributed by atoms with van der Waals surface area (Å²) in [6.45, 7) is 3.90. The second-order valence-corrected chi connectivity index (χ2v) is 2.29. The van der Waals surface area contributed by atoms with Crippen LogP contribution >= 0.6 is 0 Å². The number of hydrogen-bond donors (Lipinski definition) is 0. The Balaban J connectivity index is 3.17. The molecule has 46 valence electrons. The molecule has 0 aliphatic heterocycles. The van der Waals surface area contributed by atoms with E-state index in [0.29, 0.717) is 5.69 Å². The molecule has 0 N–H and O–H groups in total. The first-order valence-electron chi connectivity index (χ1n) is 2.96. The molecule has 1 aromatic rings. The third-order valence-electron chi connectivity index (χ3n) is 1.35. The van der Waals surface area contributed by atoms with Gasteiger partial charge in [-0.2, -0.15) is 5.73 Å². The van der Waals surface area contributed by atoms with Crippen molar-refractivity contribution in [1.29, 1.82) is 0 Å². The van der Waals surface area contributed by atoms with Crippen molar-refractivity contribution in [2.75, 3.05) is 0 Å². The van der Waals surface area contributed by atoms with Gasteiger partial charge in [0.25, 0.3) is 0 Å². The normalized spacial score (nSPS) is 9.56. The maximum Gasteiger partial charge on any atom is 0.0886 e. The van der Waals surface area contributed by atoms with Gasteiger partial charge < -0.3 is 0 Å². The minimum Gasteiger partial charge on any atom is -0.150 e. The summed E-state index contributed by atoms with van der Waals surface area (Å²) in [5, 5.41) is 0. The van der Waals surface area contributed by atoms with E-state index in [1.165, 1.54) is 5.56 Å². The number of rotatable bonds is 0. The van der Waals surface area contributed by atoms with Crippen molar-refractivity contribution in [3.05, 3.63) is 29.3 Å². The Kier molecular flexibility index (Phi) is 1.43. The Hall–Kier alpha value is -0.980. The van der Waals surface area contributed by atoms with E-state index >= 15 is 0 Å². The minimum atomic E-state index is 0.376. The topological polar surface area (TPSA) is 22.3 Å². The molecule has 0 aromatic heterocycles. The van der Waals surface area contributed by atoms with E-state index < -0.39 is 0 Å². The van der Waals surface area contributed by atoms with Crippen LogP contribution in [0.5, 0.6) is 0 Å². The smallest absolute Gasteiger partial charge is 0.0886 e. The lowest BCUT2D eigenvalue weighted by atomic mass is 10.1. The molecule has 1 rings (SSSR count). The van der Waals surface area contributed by atoms with Crippen molar-refractivity contribution >= 4 is 5.69 Å². The molecular weight excluding hydrogens is 110 g/mol. The number of aryl methyl sites for hydroxylation is 2. The summed E-state index contributed by atoms with van der Waals surface area (Å²) in [5.41, 5.74) is 11.5. The molecule has 0 saturated heterocycles. The fourth-order valence-corrected chi connectivity index (χ4v) is 0.805. The molecule has 0 heterocycles. The van der Waals surface area contributed by atoms with Crippen LogP contribution in [0.25, 0.3) is 0 Å². The predicted octanol–water partition coefficient (Wildman–Crippen LogP) is 2.00. The Morgan fingerprint density at radius 1 is 1.22 bits per heavy atom. The maximum atomic E-state index is 9.04. The second-order valence-electron chi connectivity index (χ2n) is 2.29. The van der Waals surface area contributed by atoms with Crippen LogP contribution in [0.2, 0.25) is 0 Å². The van der Waals surface area contributed by atoms with Crippen molar-refractivity contribution in [2.24, 2.45) is 0 Å². The van der Waals surface area contributed by atoms with Gasteiger partial charge >= 0.3 is 0 Å². The summed E-state index contributed by atoms with van der Waals surface area (Å²) < 4.78 is 0. The van der Waals surface area contributed by atoms with Crippen LogP contribution in [0, 0.1) is 13.8 Å². The van der Waals surface area contributed by atoms with Crippen molar-refractivity contribution < 1.29 is 0 Å². The third kappa shape index (κ3) is 1.22. The van der Waals surface area contributed by atoms with Crippen LogP contribution in [-0.2, 0) is 0 Å². The monoisotopic (exact) mass is 119 g/mol. The van der Waals surface area contributed by atoms with Crippen molar-refractivity contribution in [3.63, 3.8) is 0 Å². The second kappa shape index (κ2) is 2.09. The van der Waals surface area contributed by atoms with Crippen LogP contribution in [0.3, 0.4) is 0 Å². The molecule has 2 radical (unpaired) electrons. The molecule has 0 aliphatic carbocycles. The van der Waals surface area contributed by atoms with E-state index in [1.807, 2.05) is 26.0 Å². The summed E-state index contributed by atoms with van der Waals surface area (Å²) in [6, 6.07) is 5.56. The Bertz CT molecular complexity index is 216. The van der Waals surface area contributed by atoms with Crippen LogP contribution in [0.1, 0.15) is 11.1 Å². The SMILES string of the molecule is Cc1ccc([N])c(C)c1. The van der Waals surface area contributed by atoms with Crippen LogP contribution < -0.4 is 5.73 Å². The average molecular weight is 119 g/mol. The molecule has 9 heavy (non-hydrogen) atoms. The van der Waals surface area contributed by atoms with E-state index in [9.17, 15) is 0 Å². The van der Waals surface area contributed by atoms with Gasteiger partial charge in [-0.1, -0.05) is 17.7 Å². The third-order valence-corrected chi connectivity index (χ3v) is 1.35. The van der Waals surface area contributed by atoms with Gasteiger partial charge in [-0.25, -0.2) is 0 Å². The van der Waals surface area contributed by atoms with E-state index in [0.717, 1.165) is 5.56 Å². The lowest BCUT2D eigenvalue weighted by Crippen LogP contribution is -1.78. The lowest BCUT2D eigenvalue weighted by Gasteiger charge is -1.95. The van der Waals surface area contributed by atoms with Gasteiger partial charge in [0.15, 0.2) is 0 Å². The lowest BCUT2D eigenvalue weighted by molar-refractivity contribution is 1.33. The zero-order valence-corrected chi connectivity index (χ0v) is 5.68. The molecule has 1 nitrogen and oxygen atoms in total. The van der Waals surface area contributed by atoms with Gasteiger partial charge in [-0.3, -0.25) is 0 Å². The first-order valence-corrected chi connectivity index (χ1v) is 2.96. The van der Waals surface area contributed by atoms with Gasteiger partial charge in [-0.15, -0.1) is 0 Å². The molecular formula is C8H9N. The zero-order chi connectivity index (χ0) is 6.85. The molecule has 0 spiro atoms. The minimum absolute atomic E-state index is 0.376. The van der Waals surface area contributed by atoms with E-state index in [4.69, 9.17) is 5.73 Å². The number of nitrogens with zero attached hydrogens (tertiary/aromatic N) is 1. The molecule has 0 aliphatic rings. The fourth-order valence-electron chi connectivity index (χ4n) is 0.805. The first kappa shape index (κ1) is 6.14. The Labute approximate surface area is 55.5 Å². The van der Waals surface area contributed by atoms with Gasteiger partial charge in [-0.05, 0) is 25.5 Å². The molecule has 0 amide bonds.